The molecule has 2 rings (SSSR count). The lowest BCUT2D eigenvalue weighted by molar-refractivity contribution is -0.119. The molecule has 4 nitrogen and oxygen atoms in total. The average Bonchev–Trinajstić information content (AvgIpc) is 2.39. The molecular weight excluding hydrogens is 276 g/mol. The Bertz CT molecular complexity index is 483. The number of nitrogens with zero attached hydrogens (tertiary/aromatic N) is 1. The highest BCUT2D eigenvalue weighted by atomic mass is 35.5. The van der Waals surface area contributed by atoms with Crippen LogP contribution in [-0.2, 0) is 4.79 Å². The molecule has 0 saturated carbocycles. The number of hydrogen-bond acceptors (Lipinski definition) is 3. The number of amides is 1. The van der Waals surface area contributed by atoms with E-state index in [1.54, 1.807) is 13.8 Å². The number of piperidine rings is 1. The van der Waals surface area contributed by atoms with E-state index in [0.29, 0.717) is 5.02 Å². The molecule has 1 aliphatic heterocycles. The van der Waals surface area contributed by atoms with Gasteiger partial charge in [0, 0.05) is 26.1 Å². The number of carbonyl (C=O) groups excluding carboxylic acids is 1. The molecule has 0 unspecified atom stereocenters. The number of benzene rings is 1. The Morgan fingerprint density at radius 1 is 1.45 bits per heavy atom. The molecule has 1 fully saturated rings. The Morgan fingerprint density at radius 3 is 2.60 bits per heavy atom. The fourth-order valence-corrected chi connectivity index (χ4v) is 2.90. The number of nitrogens with one attached hydrogen (secondary N) is 1. The van der Waals surface area contributed by atoms with Crippen molar-refractivity contribution in [2.24, 2.45) is 0 Å². The molecule has 0 bridgehead atoms. The van der Waals surface area contributed by atoms with E-state index in [4.69, 9.17) is 11.6 Å². The Balaban J connectivity index is 2.02. The normalized spacial score (nSPS) is 17.9. The van der Waals surface area contributed by atoms with Gasteiger partial charge in [-0.3, -0.25) is 4.79 Å². The quantitative estimate of drug-likeness (QED) is 0.901. The molecule has 5 heteroatoms. The van der Waals surface area contributed by atoms with Gasteiger partial charge in [-0.15, -0.1) is 0 Å². The minimum absolute atomic E-state index is 0.0303. The molecule has 1 atom stereocenters. The third kappa shape index (κ3) is 3.64. The molecule has 1 aromatic carbocycles. The van der Waals surface area contributed by atoms with Crippen molar-refractivity contribution >= 4 is 23.2 Å². The lowest BCUT2D eigenvalue weighted by Crippen LogP contribution is -2.44. The standard InChI is InChI=1S/C15H21ClN2O2/c1-10(19)12-3-4-15(14(16)9-12)18-7-5-13(6-8-18)17-11(2)20/h3-4,9-10,13,19H,5-8H2,1-2H3,(H,17,20)/t10-/m0/s1. The highest BCUT2D eigenvalue weighted by Crippen LogP contribution is 2.30. The van der Waals surface area contributed by atoms with Crippen LogP contribution in [-0.4, -0.2) is 30.1 Å². The molecule has 110 valence electrons. The first-order chi connectivity index (χ1) is 9.47. The summed E-state index contributed by atoms with van der Waals surface area (Å²) >= 11 is 6.31. The average molecular weight is 297 g/mol. The minimum atomic E-state index is -0.507. The van der Waals surface area contributed by atoms with Gasteiger partial charge in [-0.2, -0.15) is 0 Å². The molecular formula is C15H21ClN2O2. The number of aliphatic hydroxyl groups excluding tert-OH is 1. The summed E-state index contributed by atoms with van der Waals surface area (Å²) in [5.74, 6) is 0.0303. The molecule has 1 aromatic rings. The monoisotopic (exact) mass is 296 g/mol. The third-order valence-electron chi connectivity index (χ3n) is 3.70. The van der Waals surface area contributed by atoms with Crippen molar-refractivity contribution < 1.29 is 9.90 Å². The van der Waals surface area contributed by atoms with Crippen molar-refractivity contribution in [3.8, 4) is 0 Å². The van der Waals surface area contributed by atoms with E-state index in [1.165, 1.54) is 0 Å². The van der Waals surface area contributed by atoms with Crippen molar-refractivity contribution in [2.45, 2.75) is 38.8 Å². The summed E-state index contributed by atoms with van der Waals surface area (Å²) < 4.78 is 0. The van der Waals surface area contributed by atoms with E-state index in [-0.39, 0.29) is 11.9 Å². The molecule has 1 amide bonds. The van der Waals surface area contributed by atoms with Gasteiger partial charge in [-0.1, -0.05) is 17.7 Å². The van der Waals surface area contributed by atoms with Crippen LogP contribution in [0.15, 0.2) is 18.2 Å². The lowest BCUT2D eigenvalue weighted by Gasteiger charge is -2.34. The van der Waals surface area contributed by atoms with E-state index >= 15 is 0 Å². The number of anilines is 1. The molecule has 0 aliphatic carbocycles. The first-order valence-electron chi connectivity index (χ1n) is 6.97. The fourth-order valence-electron chi connectivity index (χ4n) is 2.59. The lowest BCUT2D eigenvalue weighted by atomic mass is 10.0. The van der Waals surface area contributed by atoms with Crippen LogP contribution >= 0.6 is 11.6 Å². The van der Waals surface area contributed by atoms with Crippen molar-refractivity contribution in [3.05, 3.63) is 28.8 Å². The number of halogens is 1. The van der Waals surface area contributed by atoms with Crippen LogP contribution in [0.3, 0.4) is 0 Å². The molecule has 1 saturated heterocycles. The Hall–Kier alpha value is -1.26. The smallest absolute Gasteiger partial charge is 0.217 e. The summed E-state index contributed by atoms with van der Waals surface area (Å²) in [5, 5.41) is 13.2. The van der Waals surface area contributed by atoms with Gasteiger partial charge < -0.3 is 15.3 Å². The fraction of sp³-hybridized carbons (Fsp3) is 0.533. The van der Waals surface area contributed by atoms with Crippen LogP contribution in [0.1, 0.15) is 38.4 Å². The summed E-state index contributed by atoms with van der Waals surface area (Å²) in [6.07, 6.45) is 1.34. The van der Waals surface area contributed by atoms with E-state index in [2.05, 4.69) is 10.2 Å². The molecule has 1 aliphatic rings. The van der Waals surface area contributed by atoms with Crippen LogP contribution in [0.4, 0.5) is 5.69 Å². The Labute approximate surface area is 124 Å². The minimum Gasteiger partial charge on any atom is -0.389 e. The van der Waals surface area contributed by atoms with E-state index < -0.39 is 6.10 Å². The topological polar surface area (TPSA) is 52.6 Å². The summed E-state index contributed by atoms with van der Waals surface area (Å²) in [6, 6.07) is 5.95. The highest BCUT2D eigenvalue weighted by molar-refractivity contribution is 6.33. The maximum atomic E-state index is 11.0. The van der Waals surface area contributed by atoms with Crippen LogP contribution < -0.4 is 10.2 Å². The van der Waals surface area contributed by atoms with Gasteiger partial charge in [-0.05, 0) is 37.5 Å². The Morgan fingerprint density at radius 2 is 2.10 bits per heavy atom. The van der Waals surface area contributed by atoms with Crippen LogP contribution in [0.2, 0.25) is 5.02 Å². The number of rotatable bonds is 3. The van der Waals surface area contributed by atoms with Gasteiger partial charge in [-0.25, -0.2) is 0 Å². The zero-order valence-corrected chi connectivity index (χ0v) is 12.7. The first-order valence-corrected chi connectivity index (χ1v) is 7.34. The van der Waals surface area contributed by atoms with Gasteiger partial charge in [0.25, 0.3) is 0 Å². The molecule has 2 N–H and O–H groups in total. The second-order valence-electron chi connectivity index (χ2n) is 5.35. The van der Waals surface area contributed by atoms with E-state index in [9.17, 15) is 9.90 Å². The first kappa shape index (κ1) is 15.1. The summed E-state index contributed by atoms with van der Waals surface area (Å²) in [5.41, 5.74) is 1.82. The van der Waals surface area contributed by atoms with Crippen molar-refractivity contribution in [1.82, 2.24) is 5.32 Å². The molecule has 0 aromatic heterocycles. The van der Waals surface area contributed by atoms with Crippen LogP contribution in [0.5, 0.6) is 0 Å². The zero-order valence-electron chi connectivity index (χ0n) is 11.9. The predicted molar refractivity (Wildman–Crippen MR) is 81.1 cm³/mol. The maximum absolute atomic E-state index is 11.0. The van der Waals surface area contributed by atoms with Gasteiger partial charge in [0.2, 0.25) is 5.91 Å². The number of aliphatic hydroxyl groups is 1. The second-order valence-corrected chi connectivity index (χ2v) is 5.76. The largest absolute Gasteiger partial charge is 0.389 e. The van der Waals surface area contributed by atoms with E-state index in [1.807, 2.05) is 18.2 Å². The van der Waals surface area contributed by atoms with Gasteiger partial charge >= 0.3 is 0 Å². The van der Waals surface area contributed by atoms with Crippen LogP contribution in [0.25, 0.3) is 0 Å². The van der Waals surface area contributed by atoms with Crippen molar-refractivity contribution in [2.75, 3.05) is 18.0 Å². The van der Waals surface area contributed by atoms with Crippen molar-refractivity contribution in [1.29, 1.82) is 0 Å². The molecule has 20 heavy (non-hydrogen) atoms. The van der Waals surface area contributed by atoms with Crippen LogP contribution in [0, 0.1) is 0 Å². The predicted octanol–water partition coefficient (Wildman–Crippen LogP) is 2.50. The number of hydrogen-bond donors (Lipinski definition) is 2. The zero-order chi connectivity index (χ0) is 14.7. The maximum Gasteiger partial charge on any atom is 0.217 e. The Kier molecular flexibility index (Phi) is 4.89. The van der Waals surface area contributed by atoms with Gasteiger partial charge in [0.1, 0.15) is 0 Å². The summed E-state index contributed by atoms with van der Waals surface area (Å²) in [7, 11) is 0. The molecule has 0 radical (unpaired) electrons. The van der Waals surface area contributed by atoms with E-state index in [0.717, 1.165) is 37.2 Å². The summed E-state index contributed by atoms with van der Waals surface area (Å²) in [6.45, 7) is 5.03. The van der Waals surface area contributed by atoms with Gasteiger partial charge in [0.15, 0.2) is 0 Å². The molecule has 1 heterocycles. The second kappa shape index (κ2) is 6.46. The number of carbonyl (C=O) groups is 1. The summed E-state index contributed by atoms with van der Waals surface area (Å²) in [4.78, 5) is 13.3. The highest BCUT2D eigenvalue weighted by Gasteiger charge is 2.21. The molecule has 0 spiro atoms. The van der Waals surface area contributed by atoms with Gasteiger partial charge in [0.05, 0.1) is 16.8 Å². The van der Waals surface area contributed by atoms with Crippen molar-refractivity contribution in [3.63, 3.8) is 0 Å². The third-order valence-corrected chi connectivity index (χ3v) is 4.00. The SMILES string of the molecule is CC(=O)NC1CCN(c2ccc([C@H](C)O)cc2Cl)CC1.